The first-order chi connectivity index (χ1) is 8.78. The van der Waals surface area contributed by atoms with Crippen LogP contribution in [0.3, 0.4) is 0 Å². The van der Waals surface area contributed by atoms with Crippen molar-refractivity contribution >= 4 is 10.9 Å². The molecule has 2 heterocycles. The highest BCUT2D eigenvalue weighted by Crippen LogP contribution is 2.18. The van der Waals surface area contributed by atoms with Gasteiger partial charge in [-0.2, -0.15) is 5.10 Å². The predicted molar refractivity (Wildman–Crippen MR) is 70.2 cm³/mol. The van der Waals surface area contributed by atoms with Gasteiger partial charge in [-0.25, -0.2) is 0 Å². The van der Waals surface area contributed by atoms with E-state index in [-0.39, 0.29) is 6.61 Å². The molecule has 0 amide bonds. The number of hydrogen-bond acceptors (Lipinski definition) is 2. The number of nitrogens with zero attached hydrogens (tertiary/aromatic N) is 3. The van der Waals surface area contributed by atoms with Crippen molar-refractivity contribution in [1.29, 1.82) is 0 Å². The third-order valence-corrected chi connectivity index (χ3v) is 3.16. The lowest BCUT2D eigenvalue weighted by atomic mass is 10.2. The first-order valence-electron chi connectivity index (χ1n) is 5.94. The lowest BCUT2D eigenvalue weighted by molar-refractivity contribution is 0.282. The first kappa shape index (κ1) is 11.0. The van der Waals surface area contributed by atoms with Gasteiger partial charge in [0.2, 0.25) is 0 Å². The zero-order valence-corrected chi connectivity index (χ0v) is 10.2. The van der Waals surface area contributed by atoms with Gasteiger partial charge >= 0.3 is 0 Å². The number of aryl methyl sites for hydroxylation is 1. The van der Waals surface area contributed by atoms with Crippen LogP contribution < -0.4 is 0 Å². The van der Waals surface area contributed by atoms with E-state index in [4.69, 9.17) is 5.11 Å². The van der Waals surface area contributed by atoms with Crippen LogP contribution in [0.4, 0.5) is 0 Å². The molecule has 0 aliphatic heterocycles. The summed E-state index contributed by atoms with van der Waals surface area (Å²) in [7, 11) is 1.96. The summed E-state index contributed by atoms with van der Waals surface area (Å²) in [6.07, 6.45) is 3.92. The lowest BCUT2D eigenvalue weighted by Crippen LogP contribution is -1.99. The standard InChI is InChI=1S/C14H15N3O/c1-16-14-5-3-2-4-12(14)13(15-16)9-17-7-6-11(8-17)10-18/h2-8,18H,9-10H2,1H3. The van der Waals surface area contributed by atoms with Crippen LogP contribution in [-0.4, -0.2) is 19.5 Å². The molecule has 1 N–H and O–H groups in total. The number of benzene rings is 1. The molecule has 3 rings (SSSR count). The Balaban J connectivity index is 1.99. The molecule has 0 bridgehead atoms. The number of aromatic nitrogens is 3. The molecule has 2 aromatic heterocycles. The molecule has 0 unspecified atom stereocenters. The van der Waals surface area contributed by atoms with Crippen molar-refractivity contribution in [2.24, 2.45) is 7.05 Å². The van der Waals surface area contributed by atoms with E-state index >= 15 is 0 Å². The molecule has 0 saturated carbocycles. The molecular weight excluding hydrogens is 226 g/mol. The van der Waals surface area contributed by atoms with Crippen molar-refractivity contribution in [2.45, 2.75) is 13.2 Å². The van der Waals surface area contributed by atoms with E-state index in [0.29, 0.717) is 0 Å². The summed E-state index contributed by atoms with van der Waals surface area (Å²) in [4.78, 5) is 0. The summed E-state index contributed by atoms with van der Waals surface area (Å²) in [5, 5.41) is 14.8. The topological polar surface area (TPSA) is 43.0 Å². The van der Waals surface area contributed by atoms with Crippen molar-refractivity contribution in [2.75, 3.05) is 0 Å². The largest absolute Gasteiger partial charge is 0.392 e. The fraction of sp³-hybridized carbons (Fsp3) is 0.214. The van der Waals surface area contributed by atoms with Gasteiger partial charge in [-0.05, 0) is 17.7 Å². The molecule has 1 aromatic carbocycles. The van der Waals surface area contributed by atoms with Crippen LogP contribution in [0.2, 0.25) is 0 Å². The van der Waals surface area contributed by atoms with Crippen molar-refractivity contribution < 1.29 is 5.11 Å². The highest BCUT2D eigenvalue weighted by molar-refractivity contribution is 5.81. The minimum Gasteiger partial charge on any atom is -0.392 e. The minimum absolute atomic E-state index is 0.0793. The average molecular weight is 241 g/mol. The molecule has 0 fully saturated rings. The Morgan fingerprint density at radius 1 is 1.22 bits per heavy atom. The average Bonchev–Trinajstić information content (AvgIpc) is 2.97. The summed E-state index contributed by atoms with van der Waals surface area (Å²) in [5.74, 6) is 0. The van der Waals surface area contributed by atoms with Crippen LogP contribution >= 0.6 is 0 Å². The fourth-order valence-corrected chi connectivity index (χ4v) is 2.26. The highest BCUT2D eigenvalue weighted by atomic mass is 16.3. The van der Waals surface area contributed by atoms with Gasteiger partial charge in [0, 0.05) is 24.8 Å². The van der Waals surface area contributed by atoms with E-state index < -0.39 is 0 Å². The quantitative estimate of drug-likeness (QED) is 0.761. The summed E-state index contributed by atoms with van der Waals surface area (Å²) >= 11 is 0. The fourth-order valence-electron chi connectivity index (χ4n) is 2.26. The summed E-state index contributed by atoms with van der Waals surface area (Å²) in [5.41, 5.74) is 3.12. The molecule has 0 atom stereocenters. The summed E-state index contributed by atoms with van der Waals surface area (Å²) < 4.78 is 3.95. The molecule has 3 aromatic rings. The van der Waals surface area contributed by atoms with E-state index in [1.165, 1.54) is 5.39 Å². The minimum atomic E-state index is 0.0793. The SMILES string of the molecule is Cn1nc(Cn2ccc(CO)c2)c2ccccc21. The predicted octanol–water partition coefficient (Wildman–Crippen LogP) is 1.92. The van der Waals surface area contributed by atoms with Crippen molar-refractivity contribution in [3.63, 3.8) is 0 Å². The molecule has 18 heavy (non-hydrogen) atoms. The van der Waals surface area contributed by atoms with E-state index in [9.17, 15) is 0 Å². The number of para-hydroxylation sites is 1. The van der Waals surface area contributed by atoms with Gasteiger partial charge in [-0.1, -0.05) is 18.2 Å². The van der Waals surface area contributed by atoms with Gasteiger partial charge in [0.25, 0.3) is 0 Å². The zero-order valence-electron chi connectivity index (χ0n) is 10.2. The van der Waals surface area contributed by atoms with Crippen LogP contribution in [0.25, 0.3) is 10.9 Å². The second kappa shape index (κ2) is 4.31. The molecule has 0 saturated heterocycles. The molecule has 0 spiro atoms. The highest BCUT2D eigenvalue weighted by Gasteiger charge is 2.08. The Morgan fingerprint density at radius 3 is 2.83 bits per heavy atom. The maximum Gasteiger partial charge on any atom is 0.0900 e. The third-order valence-electron chi connectivity index (χ3n) is 3.16. The van der Waals surface area contributed by atoms with Crippen molar-refractivity contribution in [1.82, 2.24) is 14.3 Å². The Kier molecular flexibility index (Phi) is 2.64. The third kappa shape index (κ3) is 1.80. The van der Waals surface area contributed by atoms with Crippen LogP contribution in [0.15, 0.2) is 42.7 Å². The van der Waals surface area contributed by atoms with Gasteiger partial charge in [-0.3, -0.25) is 4.68 Å². The second-order valence-electron chi connectivity index (χ2n) is 4.44. The number of fused-ring (bicyclic) bond motifs is 1. The molecule has 0 aliphatic rings. The number of hydrogen-bond donors (Lipinski definition) is 1. The van der Waals surface area contributed by atoms with Crippen LogP contribution in [0, 0.1) is 0 Å². The molecule has 0 aliphatic carbocycles. The maximum atomic E-state index is 9.06. The Bertz CT molecular complexity index is 681. The van der Waals surface area contributed by atoms with Gasteiger partial charge < -0.3 is 9.67 Å². The zero-order chi connectivity index (χ0) is 12.5. The van der Waals surface area contributed by atoms with Gasteiger partial charge in [0.05, 0.1) is 24.4 Å². The van der Waals surface area contributed by atoms with Crippen molar-refractivity contribution in [3.05, 3.63) is 54.0 Å². The van der Waals surface area contributed by atoms with E-state index in [0.717, 1.165) is 23.3 Å². The van der Waals surface area contributed by atoms with Crippen molar-refractivity contribution in [3.8, 4) is 0 Å². The van der Waals surface area contributed by atoms with E-state index in [2.05, 4.69) is 17.2 Å². The number of aliphatic hydroxyl groups is 1. The Labute approximate surface area is 105 Å². The van der Waals surface area contributed by atoms with Gasteiger partial charge in [0.1, 0.15) is 0 Å². The molecule has 4 heteroatoms. The first-order valence-corrected chi connectivity index (χ1v) is 5.94. The molecule has 92 valence electrons. The normalized spacial score (nSPS) is 11.2. The van der Waals surface area contributed by atoms with Crippen LogP contribution in [-0.2, 0) is 20.2 Å². The molecular formula is C14H15N3O. The van der Waals surface area contributed by atoms with Gasteiger partial charge in [-0.15, -0.1) is 0 Å². The summed E-state index contributed by atoms with van der Waals surface area (Å²) in [6.45, 7) is 0.803. The monoisotopic (exact) mass is 241 g/mol. The van der Waals surface area contributed by atoms with Crippen LogP contribution in [0.1, 0.15) is 11.3 Å². The lowest BCUT2D eigenvalue weighted by Gasteiger charge is -1.99. The Morgan fingerprint density at radius 2 is 2.06 bits per heavy atom. The smallest absolute Gasteiger partial charge is 0.0900 e. The molecule has 4 nitrogen and oxygen atoms in total. The van der Waals surface area contributed by atoms with Crippen LogP contribution in [0.5, 0.6) is 0 Å². The number of rotatable bonds is 3. The Hall–Kier alpha value is -2.07. The summed E-state index contributed by atoms with van der Waals surface area (Å²) in [6, 6.07) is 10.1. The van der Waals surface area contributed by atoms with Gasteiger partial charge in [0.15, 0.2) is 0 Å². The maximum absolute atomic E-state index is 9.06. The molecule has 0 radical (unpaired) electrons. The second-order valence-corrected chi connectivity index (χ2v) is 4.44. The van der Waals surface area contributed by atoms with E-state index in [1.54, 1.807) is 0 Å². The number of aliphatic hydroxyl groups excluding tert-OH is 1. The van der Waals surface area contributed by atoms with E-state index in [1.807, 2.05) is 46.9 Å².